The lowest BCUT2D eigenvalue weighted by atomic mass is 10.1. The molecule has 0 aliphatic carbocycles. The van der Waals surface area contributed by atoms with Gasteiger partial charge in [0.15, 0.2) is 0 Å². The van der Waals surface area contributed by atoms with Crippen LogP contribution in [0, 0.1) is 17.1 Å². The van der Waals surface area contributed by atoms with Crippen LogP contribution in [0.3, 0.4) is 0 Å². The molecule has 5 nitrogen and oxygen atoms in total. The second kappa shape index (κ2) is 7.97. The molecule has 0 atom stereocenters. The van der Waals surface area contributed by atoms with Crippen molar-refractivity contribution in [3.63, 3.8) is 0 Å². The molecule has 2 aromatic carbocycles. The van der Waals surface area contributed by atoms with Crippen LogP contribution in [0.25, 0.3) is 0 Å². The van der Waals surface area contributed by atoms with Gasteiger partial charge in [-0.25, -0.2) is 9.18 Å². The van der Waals surface area contributed by atoms with Gasteiger partial charge in [-0.05, 0) is 36.8 Å². The number of carbonyl (C=O) groups is 1. The van der Waals surface area contributed by atoms with Gasteiger partial charge in [0.1, 0.15) is 11.6 Å². The molecular formula is C18H18FN3O2. The Morgan fingerprint density at radius 2 is 2.12 bits per heavy atom. The van der Waals surface area contributed by atoms with Gasteiger partial charge in [0, 0.05) is 19.7 Å². The minimum absolute atomic E-state index is 0.283. The highest BCUT2D eigenvalue weighted by molar-refractivity contribution is 5.90. The van der Waals surface area contributed by atoms with Crippen molar-refractivity contribution in [2.75, 3.05) is 19.0 Å². The molecule has 0 heterocycles. The molecule has 0 saturated carbocycles. The van der Waals surface area contributed by atoms with Gasteiger partial charge in [0.25, 0.3) is 0 Å². The van der Waals surface area contributed by atoms with Crippen LogP contribution >= 0.6 is 0 Å². The zero-order valence-corrected chi connectivity index (χ0v) is 13.5. The molecule has 1 N–H and O–H groups in total. The number of rotatable bonds is 5. The maximum atomic E-state index is 13.3. The van der Waals surface area contributed by atoms with Crippen molar-refractivity contribution >= 4 is 11.7 Å². The van der Waals surface area contributed by atoms with E-state index in [1.165, 1.54) is 23.1 Å². The summed E-state index contributed by atoms with van der Waals surface area (Å²) in [6, 6.07) is 12.7. The number of hydrogen-bond acceptors (Lipinski definition) is 3. The van der Waals surface area contributed by atoms with Crippen molar-refractivity contribution in [3.05, 3.63) is 59.4 Å². The predicted molar refractivity (Wildman–Crippen MR) is 89.2 cm³/mol. The number of benzene rings is 2. The summed E-state index contributed by atoms with van der Waals surface area (Å²) in [4.78, 5) is 13.8. The molecule has 6 heteroatoms. The zero-order chi connectivity index (χ0) is 17.5. The first-order valence-electron chi connectivity index (χ1n) is 7.47. The lowest BCUT2D eigenvalue weighted by Crippen LogP contribution is -2.31. The van der Waals surface area contributed by atoms with Gasteiger partial charge in [-0.2, -0.15) is 5.26 Å². The molecule has 24 heavy (non-hydrogen) atoms. The molecule has 0 fully saturated rings. The first-order valence-corrected chi connectivity index (χ1v) is 7.47. The van der Waals surface area contributed by atoms with Crippen LogP contribution in [0.5, 0.6) is 5.75 Å². The smallest absolute Gasteiger partial charge is 0.321 e. The molecule has 2 amide bonds. The van der Waals surface area contributed by atoms with Crippen LogP contribution < -0.4 is 10.1 Å². The van der Waals surface area contributed by atoms with Gasteiger partial charge in [0.2, 0.25) is 0 Å². The Labute approximate surface area is 140 Å². The number of amides is 2. The third kappa shape index (κ3) is 4.46. The van der Waals surface area contributed by atoms with Gasteiger partial charge in [-0.1, -0.05) is 12.1 Å². The number of nitrogens with one attached hydrogen (secondary N) is 1. The largest absolute Gasteiger partial charge is 0.492 e. The zero-order valence-electron chi connectivity index (χ0n) is 13.5. The molecular weight excluding hydrogens is 309 g/mol. The highest BCUT2D eigenvalue weighted by atomic mass is 19.1. The summed E-state index contributed by atoms with van der Waals surface area (Å²) in [7, 11) is 1.64. The van der Waals surface area contributed by atoms with E-state index in [1.54, 1.807) is 32.2 Å². The standard InChI is InChI=1S/C18H18FN3O2/c1-3-24-17-10-15(19)7-8-16(17)21-18(23)22(2)12-14-6-4-5-13(9-14)11-20/h4-10H,3,12H2,1-2H3,(H,21,23). The minimum atomic E-state index is -0.432. The predicted octanol–water partition coefficient (Wildman–Crippen LogP) is 3.76. The average Bonchev–Trinajstić information content (AvgIpc) is 2.57. The molecule has 2 aromatic rings. The molecule has 0 spiro atoms. The topological polar surface area (TPSA) is 65.4 Å². The summed E-state index contributed by atoms with van der Waals surface area (Å²) in [5.41, 5.74) is 1.79. The second-order valence-electron chi connectivity index (χ2n) is 5.17. The number of halogens is 1. The first kappa shape index (κ1) is 17.3. The van der Waals surface area contributed by atoms with E-state index >= 15 is 0 Å². The molecule has 0 bridgehead atoms. The Morgan fingerprint density at radius 1 is 1.33 bits per heavy atom. The Morgan fingerprint density at radius 3 is 2.83 bits per heavy atom. The molecule has 0 radical (unpaired) electrons. The van der Waals surface area contributed by atoms with E-state index in [0.29, 0.717) is 24.4 Å². The van der Waals surface area contributed by atoms with Crippen LogP contribution in [0.1, 0.15) is 18.1 Å². The third-order valence-corrected chi connectivity index (χ3v) is 3.31. The number of anilines is 1. The van der Waals surface area contributed by atoms with E-state index in [-0.39, 0.29) is 11.8 Å². The molecule has 124 valence electrons. The molecule has 0 saturated heterocycles. The van der Waals surface area contributed by atoms with E-state index in [9.17, 15) is 9.18 Å². The lowest BCUT2D eigenvalue weighted by molar-refractivity contribution is 0.220. The van der Waals surface area contributed by atoms with Crippen LogP contribution in [0.4, 0.5) is 14.9 Å². The van der Waals surface area contributed by atoms with Crippen molar-refractivity contribution in [1.29, 1.82) is 5.26 Å². The van der Waals surface area contributed by atoms with E-state index in [2.05, 4.69) is 11.4 Å². The number of urea groups is 1. The minimum Gasteiger partial charge on any atom is -0.492 e. The van der Waals surface area contributed by atoms with Crippen molar-refractivity contribution in [1.82, 2.24) is 4.90 Å². The van der Waals surface area contributed by atoms with E-state index in [0.717, 1.165) is 5.56 Å². The molecule has 0 unspecified atom stereocenters. The third-order valence-electron chi connectivity index (χ3n) is 3.31. The molecule has 0 aromatic heterocycles. The van der Waals surface area contributed by atoms with Gasteiger partial charge in [-0.15, -0.1) is 0 Å². The summed E-state index contributed by atoms with van der Waals surface area (Å²) < 4.78 is 18.6. The summed E-state index contributed by atoms with van der Waals surface area (Å²) in [6.45, 7) is 2.49. The molecule has 2 rings (SSSR count). The van der Waals surface area contributed by atoms with E-state index in [1.807, 2.05) is 6.07 Å². The van der Waals surface area contributed by atoms with E-state index in [4.69, 9.17) is 10.00 Å². The normalized spacial score (nSPS) is 9.92. The maximum absolute atomic E-state index is 13.3. The molecule has 0 aliphatic heterocycles. The van der Waals surface area contributed by atoms with Crippen molar-refractivity contribution < 1.29 is 13.9 Å². The van der Waals surface area contributed by atoms with Gasteiger partial charge >= 0.3 is 6.03 Å². The fourth-order valence-corrected chi connectivity index (χ4v) is 2.17. The monoisotopic (exact) mass is 327 g/mol. The number of nitriles is 1. The van der Waals surface area contributed by atoms with Crippen molar-refractivity contribution in [2.45, 2.75) is 13.5 Å². The first-order chi connectivity index (χ1) is 11.5. The second-order valence-corrected chi connectivity index (χ2v) is 5.17. The summed E-state index contributed by atoms with van der Waals surface area (Å²) in [5.74, 6) is -0.149. The SMILES string of the molecule is CCOc1cc(F)ccc1NC(=O)N(C)Cc1cccc(C#N)c1. The fraction of sp³-hybridized carbons (Fsp3) is 0.222. The van der Waals surface area contributed by atoms with Crippen LogP contribution in [-0.4, -0.2) is 24.6 Å². The summed E-state index contributed by atoms with van der Waals surface area (Å²) >= 11 is 0. The van der Waals surface area contributed by atoms with Gasteiger partial charge in [-0.3, -0.25) is 0 Å². The van der Waals surface area contributed by atoms with Crippen LogP contribution in [0.2, 0.25) is 0 Å². The Hall–Kier alpha value is -3.07. The number of carbonyl (C=O) groups excluding carboxylic acids is 1. The number of nitrogens with zero attached hydrogens (tertiary/aromatic N) is 2. The maximum Gasteiger partial charge on any atom is 0.321 e. The Bertz CT molecular complexity index is 771. The number of hydrogen-bond donors (Lipinski definition) is 1. The van der Waals surface area contributed by atoms with Crippen LogP contribution in [0.15, 0.2) is 42.5 Å². The highest BCUT2D eigenvalue weighted by Crippen LogP contribution is 2.25. The Balaban J connectivity index is 2.07. The molecule has 0 aliphatic rings. The van der Waals surface area contributed by atoms with Gasteiger partial charge < -0.3 is 15.0 Å². The highest BCUT2D eigenvalue weighted by Gasteiger charge is 2.13. The van der Waals surface area contributed by atoms with Crippen molar-refractivity contribution in [2.24, 2.45) is 0 Å². The quantitative estimate of drug-likeness (QED) is 0.909. The van der Waals surface area contributed by atoms with Crippen LogP contribution in [-0.2, 0) is 6.54 Å². The lowest BCUT2D eigenvalue weighted by Gasteiger charge is -2.19. The Kier molecular flexibility index (Phi) is 5.74. The van der Waals surface area contributed by atoms with Crippen molar-refractivity contribution in [3.8, 4) is 11.8 Å². The fourth-order valence-electron chi connectivity index (χ4n) is 2.17. The summed E-state index contributed by atoms with van der Waals surface area (Å²) in [6.07, 6.45) is 0. The van der Waals surface area contributed by atoms with Gasteiger partial charge in [0.05, 0.1) is 23.9 Å². The number of ether oxygens (including phenoxy) is 1. The average molecular weight is 327 g/mol. The summed E-state index contributed by atoms with van der Waals surface area (Å²) in [5, 5.41) is 11.6. The van der Waals surface area contributed by atoms with E-state index < -0.39 is 5.82 Å².